The molecule has 5 nitrogen and oxygen atoms in total. The van der Waals surface area contributed by atoms with Gasteiger partial charge in [-0.15, -0.1) is 11.3 Å². The van der Waals surface area contributed by atoms with Crippen LogP contribution < -0.4 is 5.32 Å². The van der Waals surface area contributed by atoms with E-state index in [4.69, 9.17) is 9.84 Å². The summed E-state index contributed by atoms with van der Waals surface area (Å²) in [7, 11) is 0. The van der Waals surface area contributed by atoms with Gasteiger partial charge in [-0.05, 0) is 39.0 Å². The number of aromatic carboxylic acids is 1. The molecular weight excluding hydrogens is 266 g/mol. The van der Waals surface area contributed by atoms with E-state index in [1.807, 2.05) is 0 Å². The molecular formula is C13H17NO4S. The van der Waals surface area contributed by atoms with Crippen molar-refractivity contribution in [3.05, 3.63) is 28.0 Å². The highest BCUT2D eigenvalue weighted by Gasteiger charge is 2.14. The molecule has 1 rings (SSSR count). The number of amides is 1. The van der Waals surface area contributed by atoms with E-state index in [2.05, 4.69) is 5.32 Å². The van der Waals surface area contributed by atoms with Gasteiger partial charge in [0, 0.05) is 11.4 Å². The normalized spacial score (nSPS) is 11.5. The third-order valence-corrected chi connectivity index (χ3v) is 2.92. The Morgan fingerprint density at radius 2 is 2.11 bits per heavy atom. The van der Waals surface area contributed by atoms with Crippen LogP contribution in [0.4, 0.5) is 4.79 Å². The van der Waals surface area contributed by atoms with Crippen LogP contribution in [-0.2, 0) is 4.74 Å². The van der Waals surface area contributed by atoms with E-state index in [1.165, 1.54) is 11.3 Å². The number of carboxylic acid groups (broad SMARTS) is 1. The van der Waals surface area contributed by atoms with Gasteiger partial charge in [-0.3, -0.25) is 0 Å². The van der Waals surface area contributed by atoms with Crippen molar-refractivity contribution in [3.8, 4) is 0 Å². The molecule has 0 spiro atoms. The van der Waals surface area contributed by atoms with Gasteiger partial charge < -0.3 is 15.2 Å². The first-order valence-corrected chi connectivity index (χ1v) is 6.56. The van der Waals surface area contributed by atoms with Crippen molar-refractivity contribution >= 4 is 29.5 Å². The number of carboxylic acids is 1. The molecule has 1 aromatic rings. The smallest absolute Gasteiger partial charge is 0.407 e. The molecule has 2 N–H and O–H groups in total. The first kappa shape index (κ1) is 15.2. The first-order chi connectivity index (χ1) is 8.78. The van der Waals surface area contributed by atoms with E-state index in [0.29, 0.717) is 11.4 Å². The summed E-state index contributed by atoms with van der Waals surface area (Å²) >= 11 is 1.18. The number of hydrogen-bond acceptors (Lipinski definition) is 4. The van der Waals surface area contributed by atoms with Crippen LogP contribution in [0.25, 0.3) is 6.08 Å². The maximum Gasteiger partial charge on any atom is 0.407 e. The average Bonchev–Trinajstić information content (AvgIpc) is 2.70. The van der Waals surface area contributed by atoms with E-state index in [-0.39, 0.29) is 0 Å². The maximum absolute atomic E-state index is 11.3. The minimum atomic E-state index is -0.934. The van der Waals surface area contributed by atoms with Crippen LogP contribution in [0.3, 0.4) is 0 Å². The van der Waals surface area contributed by atoms with Crippen LogP contribution in [0.1, 0.15) is 35.3 Å². The molecule has 0 unspecified atom stereocenters. The Labute approximate surface area is 115 Å². The van der Waals surface area contributed by atoms with Crippen molar-refractivity contribution in [1.82, 2.24) is 5.32 Å². The maximum atomic E-state index is 11.3. The van der Waals surface area contributed by atoms with Crippen LogP contribution in [0.5, 0.6) is 0 Å². The quantitative estimate of drug-likeness (QED) is 0.890. The van der Waals surface area contributed by atoms with E-state index >= 15 is 0 Å². The summed E-state index contributed by atoms with van der Waals surface area (Å²) in [6.45, 7) is 5.71. The summed E-state index contributed by atoms with van der Waals surface area (Å²) in [6.07, 6.45) is 3.02. The van der Waals surface area contributed by atoms with Crippen molar-refractivity contribution < 1.29 is 19.4 Å². The van der Waals surface area contributed by atoms with Gasteiger partial charge in [-0.25, -0.2) is 9.59 Å². The molecule has 1 aromatic heterocycles. The average molecular weight is 283 g/mol. The monoisotopic (exact) mass is 283 g/mol. The number of alkyl carbamates (subject to hydrolysis) is 1. The predicted molar refractivity (Wildman–Crippen MR) is 74.5 cm³/mol. The number of carbonyl (C=O) groups is 2. The van der Waals surface area contributed by atoms with Crippen molar-refractivity contribution in [2.75, 3.05) is 6.54 Å². The molecule has 0 radical (unpaired) electrons. The van der Waals surface area contributed by atoms with Crippen LogP contribution >= 0.6 is 11.3 Å². The second-order valence-corrected chi connectivity index (χ2v) is 5.91. The van der Waals surface area contributed by atoms with Gasteiger partial charge >= 0.3 is 12.1 Å². The fourth-order valence-corrected chi connectivity index (χ4v) is 1.97. The van der Waals surface area contributed by atoms with Gasteiger partial charge in [-0.1, -0.05) is 6.08 Å². The number of carbonyl (C=O) groups excluding carboxylic acids is 1. The zero-order valence-electron chi connectivity index (χ0n) is 11.1. The summed E-state index contributed by atoms with van der Waals surface area (Å²) in [5, 5.41) is 11.3. The Bertz CT molecular complexity index is 485. The lowest BCUT2D eigenvalue weighted by atomic mass is 10.2. The van der Waals surface area contributed by atoms with Crippen LogP contribution in [-0.4, -0.2) is 29.3 Å². The Morgan fingerprint density at radius 3 is 2.63 bits per heavy atom. The van der Waals surface area contributed by atoms with Crippen molar-refractivity contribution in [2.45, 2.75) is 26.4 Å². The van der Waals surface area contributed by atoms with Gasteiger partial charge in [0.05, 0.1) is 0 Å². The standard InChI is InChI=1S/C13H17NO4S/c1-13(2,3)18-12(17)14-8-4-5-9-6-7-10(19-9)11(15)16/h4-7H,8H2,1-3H3,(H,14,17)(H,15,16). The van der Waals surface area contributed by atoms with Gasteiger partial charge in [0.25, 0.3) is 0 Å². The fraction of sp³-hybridized carbons (Fsp3) is 0.385. The second-order valence-electron chi connectivity index (χ2n) is 4.79. The molecule has 0 fully saturated rings. The lowest BCUT2D eigenvalue weighted by Crippen LogP contribution is -2.32. The number of hydrogen-bond donors (Lipinski definition) is 2. The number of ether oxygens (including phenoxy) is 1. The molecule has 0 aliphatic rings. The van der Waals surface area contributed by atoms with Gasteiger partial charge in [0.2, 0.25) is 0 Å². The highest BCUT2D eigenvalue weighted by Crippen LogP contribution is 2.17. The lowest BCUT2D eigenvalue weighted by Gasteiger charge is -2.19. The SMILES string of the molecule is CC(C)(C)OC(=O)NCC=Cc1ccc(C(=O)O)s1. The highest BCUT2D eigenvalue weighted by molar-refractivity contribution is 7.14. The van der Waals surface area contributed by atoms with E-state index in [0.717, 1.165) is 4.88 Å². The number of rotatable bonds is 4. The Kier molecular flexibility index (Phi) is 5.11. The first-order valence-electron chi connectivity index (χ1n) is 5.74. The molecule has 1 heterocycles. The Balaban J connectivity index is 2.38. The molecule has 19 heavy (non-hydrogen) atoms. The van der Waals surface area contributed by atoms with Crippen molar-refractivity contribution in [2.24, 2.45) is 0 Å². The van der Waals surface area contributed by atoms with Crippen LogP contribution in [0.15, 0.2) is 18.2 Å². The summed E-state index contributed by atoms with van der Waals surface area (Å²) in [5.41, 5.74) is -0.516. The van der Waals surface area contributed by atoms with Crippen LogP contribution in [0.2, 0.25) is 0 Å². The molecule has 0 aliphatic heterocycles. The van der Waals surface area contributed by atoms with Gasteiger partial charge in [0.1, 0.15) is 10.5 Å². The third-order valence-electron chi connectivity index (χ3n) is 1.88. The summed E-state index contributed by atoms with van der Waals surface area (Å²) < 4.78 is 5.07. The summed E-state index contributed by atoms with van der Waals surface area (Å²) in [5.74, 6) is -0.934. The molecule has 0 saturated heterocycles. The molecule has 104 valence electrons. The van der Waals surface area contributed by atoms with E-state index < -0.39 is 17.7 Å². The lowest BCUT2D eigenvalue weighted by molar-refractivity contribution is 0.0533. The Morgan fingerprint density at radius 1 is 1.42 bits per heavy atom. The summed E-state index contributed by atoms with van der Waals surface area (Å²) in [4.78, 5) is 23.1. The summed E-state index contributed by atoms with van der Waals surface area (Å²) in [6, 6.07) is 3.27. The highest BCUT2D eigenvalue weighted by atomic mass is 32.1. The van der Waals surface area contributed by atoms with Gasteiger partial charge in [0.15, 0.2) is 0 Å². The van der Waals surface area contributed by atoms with Gasteiger partial charge in [-0.2, -0.15) is 0 Å². The van der Waals surface area contributed by atoms with Crippen molar-refractivity contribution in [3.63, 3.8) is 0 Å². The topological polar surface area (TPSA) is 75.6 Å². The molecule has 0 saturated carbocycles. The largest absolute Gasteiger partial charge is 0.477 e. The second kappa shape index (κ2) is 6.38. The number of thiophene rings is 1. The molecule has 6 heteroatoms. The molecule has 0 aromatic carbocycles. The third kappa shape index (κ3) is 6.05. The van der Waals surface area contributed by atoms with E-state index in [1.54, 1.807) is 45.1 Å². The fourth-order valence-electron chi connectivity index (χ4n) is 1.19. The van der Waals surface area contributed by atoms with Crippen molar-refractivity contribution in [1.29, 1.82) is 0 Å². The van der Waals surface area contributed by atoms with E-state index in [9.17, 15) is 9.59 Å². The van der Waals surface area contributed by atoms with Crippen LogP contribution in [0, 0.1) is 0 Å². The molecule has 0 aliphatic carbocycles. The minimum absolute atomic E-state index is 0.291. The minimum Gasteiger partial charge on any atom is -0.477 e. The molecule has 1 amide bonds. The number of nitrogens with one attached hydrogen (secondary N) is 1. The zero-order valence-corrected chi connectivity index (χ0v) is 11.9. The predicted octanol–water partition coefficient (Wildman–Crippen LogP) is 2.98. The Hall–Kier alpha value is -1.82. The molecule has 0 bridgehead atoms. The zero-order chi connectivity index (χ0) is 14.5. The molecule has 0 atom stereocenters.